The van der Waals surface area contributed by atoms with E-state index in [-0.39, 0.29) is 54.2 Å². The minimum atomic E-state index is -1.68. The van der Waals surface area contributed by atoms with Gasteiger partial charge in [-0.25, -0.2) is 0 Å². The van der Waals surface area contributed by atoms with Crippen molar-refractivity contribution in [2.45, 2.75) is 145 Å². The molecule has 6 fully saturated rings. The number of fused-ring (bicyclic) bond motifs is 5. The van der Waals surface area contributed by atoms with Gasteiger partial charge in [-0.2, -0.15) is 0 Å². The Morgan fingerprint density at radius 3 is 2.27 bits per heavy atom. The molecular formula is C35H54O14. The molecule has 7 aliphatic rings. The predicted molar refractivity (Wildman–Crippen MR) is 167 cm³/mol. The molecule has 18 unspecified atom stereocenters. The fraction of sp³-hybridized carbons (Fsp3) is 0.914. The number of aliphatic hydroxyl groups excluding tert-OH is 7. The molecule has 49 heavy (non-hydrogen) atoms. The molecule has 4 aliphatic carbocycles. The van der Waals surface area contributed by atoms with Crippen molar-refractivity contribution in [2.24, 2.45) is 34.5 Å². The quantitative estimate of drug-likeness (QED) is 0.153. The lowest BCUT2D eigenvalue weighted by Gasteiger charge is -2.64. The highest BCUT2D eigenvalue weighted by atomic mass is 16.7. The topological polar surface area (TPSA) is 225 Å². The first-order chi connectivity index (χ1) is 23.3. The van der Waals surface area contributed by atoms with E-state index >= 15 is 0 Å². The Hall–Kier alpha value is -1.27. The summed E-state index contributed by atoms with van der Waals surface area (Å²) in [6, 6.07) is 0. The van der Waals surface area contributed by atoms with E-state index in [4.69, 9.17) is 23.7 Å². The molecule has 14 heteroatoms. The summed E-state index contributed by atoms with van der Waals surface area (Å²) in [7, 11) is 0. The highest BCUT2D eigenvalue weighted by Crippen LogP contribution is 2.70. The molecule has 0 radical (unpaired) electrons. The monoisotopic (exact) mass is 698 g/mol. The molecule has 278 valence electrons. The average molecular weight is 699 g/mol. The van der Waals surface area contributed by atoms with E-state index in [1.165, 1.54) is 0 Å². The molecule has 4 saturated carbocycles. The molecule has 0 spiro atoms. The van der Waals surface area contributed by atoms with Crippen molar-refractivity contribution in [1.82, 2.24) is 0 Å². The first-order valence-corrected chi connectivity index (χ1v) is 18.1. The van der Waals surface area contributed by atoms with Crippen LogP contribution in [0.1, 0.15) is 71.6 Å². The lowest BCUT2D eigenvalue weighted by Crippen LogP contribution is -2.64. The smallest absolute Gasteiger partial charge is 0.196 e. The van der Waals surface area contributed by atoms with Crippen molar-refractivity contribution in [1.29, 1.82) is 0 Å². The molecule has 3 aliphatic heterocycles. The zero-order valence-corrected chi connectivity index (χ0v) is 28.3. The fourth-order valence-electron chi connectivity index (χ4n) is 11.3. The average Bonchev–Trinajstić information content (AvgIpc) is 3.64. The van der Waals surface area contributed by atoms with E-state index in [9.17, 15) is 45.6 Å². The maximum atomic E-state index is 12.5. The van der Waals surface area contributed by atoms with Gasteiger partial charge in [0.05, 0.1) is 24.4 Å². The minimum absolute atomic E-state index is 0.00120. The number of hydrogen-bond donors (Lipinski definition) is 8. The third kappa shape index (κ3) is 5.64. The van der Waals surface area contributed by atoms with Crippen LogP contribution < -0.4 is 0 Å². The second-order valence-corrected chi connectivity index (χ2v) is 16.2. The third-order valence-corrected chi connectivity index (χ3v) is 14.1. The van der Waals surface area contributed by atoms with Crippen LogP contribution in [0.2, 0.25) is 0 Å². The fourth-order valence-corrected chi connectivity index (χ4v) is 11.3. The van der Waals surface area contributed by atoms with Gasteiger partial charge in [-0.05, 0) is 87.9 Å². The standard InChI is InChI=1S/C35H54O14/c1-16-30(49-32-28(42)26(40)25(39)24(13-36)48-32)27(41)29(43)31(46-16)47-19-5-9-34(15-37)17(11-19)3-4-21-20(34)6-8-33(2)22(7-10-35(21,33)44)23-12-18(38)14-45-23/h12,16-17,19-22,24-32,36-37,39-44H,3-11,13-15H2,1-2H3. The first kappa shape index (κ1) is 36.1. The maximum absolute atomic E-state index is 12.5. The van der Waals surface area contributed by atoms with E-state index in [0.717, 1.165) is 32.1 Å². The van der Waals surface area contributed by atoms with Crippen LogP contribution in [0, 0.1) is 34.5 Å². The summed E-state index contributed by atoms with van der Waals surface area (Å²) < 4.78 is 29.3. The number of allylic oxidation sites excluding steroid dienone is 1. The number of ketones is 1. The van der Waals surface area contributed by atoms with Crippen LogP contribution in [-0.2, 0) is 28.5 Å². The Bertz CT molecular complexity index is 1260. The number of ether oxygens (including phenoxy) is 5. The summed E-state index contributed by atoms with van der Waals surface area (Å²) in [6.45, 7) is 3.21. The van der Waals surface area contributed by atoms with Crippen molar-refractivity contribution in [2.75, 3.05) is 19.8 Å². The molecule has 0 aromatic heterocycles. The molecule has 0 amide bonds. The number of carbonyl (C=O) groups excluding carboxylic acids is 1. The van der Waals surface area contributed by atoms with Gasteiger partial charge in [0.1, 0.15) is 48.5 Å². The van der Waals surface area contributed by atoms with Crippen molar-refractivity contribution >= 4 is 5.78 Å². The van der Waals surface area contributed by atoms with Gasteiger partial charge >= 0.3 is 0 Å². The number of aliphatic hydroxyl groups is 8. The van der Waals surface area contributed by atoms with Crippen LogP contribution in [-0.4, -0.2) is 140 Å². The normalized spacial score (nSPS) is 54.4. The van der Waals surface area contributed by atoms with E-state index in [0.29, 0.717) is 31.4 Å². The van der Waals surface area contributed by atoms with E-state index < -0.39 is 79.0 Å². The summed E-state index contributed by atoms with van der Waals surface area (Å²) in [5.74, 6) is 0.967. The summed E-state index contributed by atoms with van der Waals surface area (Å²) in [5.41, 5.74) is -1.71. The highest BCUT2D eigenvalue weighted by molar-refractivity contribution is 5.93. The van der Waals surface area contributed by atoms with E-state index in [1.807, 2.05) is 0 Å². The van der Waals surface area contributed by atoms with Crippen molar-refractivity contribution in [3.8, 4) is 0 Å². The zero-order valence-electron chi connectivity index (χ0n) is 28.3. The van der Waals surface area contributed by atoms with Crippen molar-refractivity contribution < 1.29 is 69.3 Å². The van der Waals surface area contributed by atoms with Crippen LogP contribution >= 0.6 is 0 Å². The van der Waals surface area contributed by atoms with Crippen LogP contribution in [0.25, 0.3) is 0 Å². The van der Waals surface area contributed by atoms with Crippen LogP contribution in [0.5, 0.6) is 0 Å². The van der Waals surface area contributed by atoms with Crippen LogP contribution in [0.3, 0.4) is 0 Å². The van der Waals surface area contributed by atoms with Gasteiger partial charge in [0.2, 0.25) is 0 Å². The lowest BCUT2D eigenvalue weighted by molar-refractivity contribution is -0.360. The van der Waals surface area contributed by atoms with Gasteiger partial charge in [-0.15, -0.1) is 0 Å². The maximum Gasteiger partial charge on any atom is 0.196 e. The second kappa shape index (κ2) is 13.3. The Morgan fingerprint density at radius 1 is 0.837 bits per heavy atom. The molecule has 0 aromatic carbocycles. The third-order valence-electron chi connectivity index (χ3n) is 14.1. The first-order valence-electron chi connectivity index (χ1n) is 18.1. The minimum Gasteiger partial charge on any atom is -0.489 e. The molecular weight excluding hydrogens is 644 g/mol. The van der Waals surface area contributed by atoms with Crippen molar-refractivity contribution in [3.63, 3.8) is 0 Å². The zero-order chi connectivity index (χ0) is 35.0. The molecule has 0 aromatic rings. The highest BCUT2D eigenvalue weighted by Gasteiger charge is 2.69. The van der Waals surface area contributed by atoms with Gasteiger partial charge in [-0.1, -0.05) is 6.92 Å². The van der Waals surface area contributed by atoms with Gasteiger partial charge < -0.3 is 64.5 Å². The molecule has 14 nitrogen and oxygen atoms in total. The molecule has 0 bridgehead atoms. The van der Waals surface area contributed by atoms with Crippen molar-refractivity contribution in [3.05, 3.63) is 11.8 Å². The summed E-state index contributed by atoms with van der Waals surface area (Å²) in [4.78, 5) is 12.0. The molecule has 8 N–H and O–H groups in total. The van der Waals surface area contributed by atoms with Crippen LogP contribution in [0.15, 0.2) is 11.8 Å². The number of carbonyl (C=O) groups is 1. The molecule has 7 rings (SSSR count). The van der Waals surface area contributed by atoms with Gasteiger partial charge in [0, 0.05) is 24.0 Å². The van der Waals surface area contributed by atoms with Gasteiger partial charge in [0.25, 0.3) is 0 Å². The van der Waals surface area contributed by atoms with Gasteiger partial charge in [-0.3, -0.25) is 4.79 Å². The molecule has 2 saturated heterocycles. The summed E-state index contributed by atoms with van der Waals surface area (Å²) in [6.07, 6.45) is -5.90. The predicted octanol–water partition coefficient (Wildman–Crippen LogP) is -0.747. The SMILES string of the molecule is CC1OC(OC2CCC3(CO)C(CCC4C3CCC3(C)C(C5=CC(=O)CO5)CCC43O)C2)C(O)C(O)C1OC1OC(CO)C(O)C(O)C1O. The Kier molecular flexibility index (Phi) is 9.80. The summed E-state index contributed by atoms with van der Waals surface area (Å²) in [5, 5.41) is 85.8. The van der Waals surface area contributed by atoms with E-state index in [2.05, 4.69) is 6.92 Å². The lowest BCUT2D eigenvalue weighted by atomic mass is 9.43. The van der Waals surface area contributed by atoms with Gasteiger partial charge in [0.15, 0.2) is 25.0 Å². The molecule has 18 atom stereocenters. The number of hydrogen-bond acceptors (Lipinski definition) is 14. The summed E-state index contributed by atoms with van der Waals surface area (Å²) >= 11 is 0. The number of rotatable bonds is 7. The Labute approximate surface area is 285 Å². The second-order valence-electron chi connectivity index (χ2n) is 16.2. The van der Waals surface area contributed by atoms with E-state index in [1.54, 1.807) is 13.0 Å². The Morgan fingerprint density at radius 2 is 1.57 bits per heavy atom. The molecule has 3 heterocycles. The van der Waals surface area contributed by atoms with Crippen LogP contribution in [0.4, 0.5) is 0 Å². The Balaban J connectivity index is 0.995. The largest absolute Gasteiger partial charge is 0.489 e.